The van der Waals surface area contributed by atoms with Gasteiger partial charge in [-0.25, -0.2) is 0 Å². The SMILES string of the molecule is O=[N+]([O-])c1ccc2c(c1)[C@@H]1C=CC[C@H]1[C@@H]([C@@H]1CC=CCC1)N2. The topological polar surface area (TPSA) is 55.2 Å². The monoisotopic (exact) mass is 296 g/mol. The number of rotatable bonds is 2. The number of non-ortho nitro benzene ring substituents is 1. The highest BCUT2D eigenvalue weighted by molar-refractivity contribution is 5.62. The fraction of sp³-hybridized carbons (Fsp3) is 0.444. The molecule has 0 fully saturated rings. The third kappa shape index (κ3) is 2.14. The van der Waals surface area contributed by atoms with Crippen LogP contribution in [0.15, 0.2) is 42.5 Å². The Balaban J connectivity index is 1.70. The van der Waals surface area contributed by atoms with Crippen LogP contribution in [0, 0.1) is 22.0 Å². The fourth-order valence-electron chi connectivity index (χ4n) is 4.34. The van der Waals surface area contributed by atoms with E-state index in [9.17, 15) is 10.1 Å². The Kier molecular flexibility index (Phi) is 3.25. The van der Waals surface area contributed by atoms with E-state index in [0.717, 1.165) is 24.1 Å². The first-order chi connectivity index (χ1) is 10.7. The van der Waals surface area contributed by atoms with Crippen molar-refractivity contribution in [3.05, 3.63) is 58.2 Å². The highest BCUT2D eigenvalue weighted by Crippen LogP contribution is 2.48. The lowest BCUT2D eigenvalue weighted by molar-refractivity contribution is -0.384. The first kappa shape index (κ1) is 13.6. The van der Waals surface area contributed by atoms with Gasteiger partial charge in [-0.15, -0.1) is 0 Å². The smallest absolute Gasteiger partial charge is 0.269 e. The van der Waals surface area contributed by atoms with Crippen LogP contribution in [0.25, 0.3) is 0 Å². The minimum atomic E-state index is -0.300. The van der Waals surface area contributed by atoms with Crippen molar-refractivity contribution in [3.8, 4) is 0 Å². The molecular weight excluding hydrogens is 276 g/mol. The fourth-order valence-corrected chi connectivity index (χ4v) is 4.34. The van der Waals surface area contributed by atoms with E-state index < -0.39 is 0 Å². The lowest BCUT2D eigenvalue weighted by atomic mass is 9.72. The molecule has 1 N–H and O–H groups in total. The number of nitro benzene ring substituents is 1. The maximum atomic E-state index is 11.1. The minimum Gasteiger partial charge on any atom is -0.381 e. The molecular formula is C18H20N2O2. The Bertz CT molecular complexity index is 665. The summed E-state index contributed by atoms with van der Waals surface area (Å²) in [5.74, 6) is 1.53. The summed E-state index contributed by atoms with van der Waals surface area (Å²) >= 11 is 0. The van der Waals surface area contributed by atoms with E-state index in [4.69, 9.17) is 0 Å². The lowest BCUT2D eigenvalue weighted by Gasteiger charge is -2.41. The van der Waals surface area contributed by atoms with Crippen LogP contribution in [0.3, 0.4) is 0 Å². The van der Waals surface area contributed by atoms with E-state index in [2.05, 4.69) is 29.6 Å². The molecule has 1 aliphatic heterocycles. The zero-order valence-corrected chi connectivity index (χ0v) is 12.4. The molecule has 4 atom stereocenters. The van der Waals surface area contributed by atoms with Gasteiger partial charge in [0, 0.05) is 29.8 Å². The van der Waals surface area contributed by atoms with Gasteiger partial charge in [0.1, 0.15) is 0 Å². The molecule has 4 rings (SSSR count). The number of hydrogen-bond acceptors (Lipinski definition) is 3. The highest BCUT2D eigenvalue weighted by Gasteiger charge is 2.40. The molecule has 0 amide bonds. The van der Waals surface area contributed by atoms with Gasteiger partial charge in [0.15, 0.2) is 0 Å². The lowest BCUT2D eigenvalue weighted by Crippen LogP contribution is -2.41. The molecule has 0 aromatic heterocycles. The van der Waals surface area contributed by atoms with Gasteiger partial charge in [0.2, 0.25) is 0 Å². The van der Waals surface area contributed by atoms with E-state index in [1.54, 1.807) is 12.1 Å². The van der Waals surface area contributed by atoms with Gasteiger partial charge in [-0.3, -0.25) is 10.1 Å². The average molecular weight is 296 g/mol. The molecule has 1 aromatic rings. The highest BCUT2D eigenvalue weighted by atomic mass is 16.6. The number of hydrogen-bond donors (Lipinski definition) is 1. The molecule has 4 nitrogen and oxygen atoms in total. The molecule has 4 heteroatoms. The second-order valence-corrected chi connectivity index (χ2v) is 6.60. The molecule has 2 aliphatic carbocycles. The molecule has 0 unspecified atom stereocenters. The van der Waals surface area contributed by atoms with Gasteiger partial charge in [0.25, 0.3) is 5.69 Å². The Hall–Kier alpha value is -2.10. The Labute approximate surface area is 130 Å². The number of nitrogens with zero attached hydrogens (tertiary/aromatic N) is 1. The van der Waals surface area contributed by atoms with Crippen LogP contribution in [-0.4, -0.2) is 11.0 Å². The molecule has 0 bridgehead atoms. The van der Waals surface area contributed by atoms with Crippen molar-refractivity contribution < 1.29 is 4.92 Å². The predicted octanol–water partition coefficient (Wildman–Crippen LogP) is 4.40. The van der Waals surface area contributed by atoms with Crippen LogP contribution in [0.5, 0.6) is 0 Å². The van der Waals surface area contributed by atoms with Crippen molar-refractivity contribution in [1.82, 2.24) is 0 Å². The van der Waals surface area contributed by atoms with Crippen LogP contribution < -0.4 is 5.32 Å². The molecule has 0 radical (unpaired) electrons. The van der Waals surface area contributed by atoms with Crippen LogP contribution in [0.4, 0.5) is 11.4 Å². The number of nitro groups is 1. The summed E-state index contributed by atoms with van der Waals surface area (Å²) in [6.45, 7) is 0. The van der Waals surface area contributed by atoms with Crippen molar-refractivity contribution in [1.29, 1.82) is 0 Å². The summed E-state index contributed by atoms with van der Waals surface area (Å²) in [6.07, 6.45) is 13.7. The van der Waals surface area contributed by atoms with Crippen LogP contribution in [-0.2, 0) is 0 Å². The molecule has 3 aliphatic rings. The van der Waals surface area contributed by atoms with E-state index in [1.807, 2.05) is 6.07 Å². The van der Waals surface area contributed by atoms with Crippen LogP contribution in [0.2, 0.25) is 0 Å². The number of allylic oxidation sites excluding steroid dienone is 4. The molecule has 1 aromatic carbocycles. The molecule has 1 heterocycles. The van der Waals surface area contributed by atoms with Crippen LogP contribution >= 0.6 is 0 Å². The minimum absolute atomic E-state index is 0.193. The standard InChI is InChI=1S/C18H20N2O2/c21-20(22)13-9-10-17-16(11-13)14-7-4-8-15(14)18(19-17)12-5-2-1-3-6-12/h1-2,4,7,9-12,14-15,18-19H,3,5-6,8H2/t12-,14-,15-,18-/m1/s1. The Morgan fingerprint density at radius 2 is 2.09 bits per heavy atom. The summed E-state index contributed by atoms with van der Waals surface area (Å²) in [6, 6.07) is 5.73. The van der Waals surface area contributed by atoms with Gasteiger partial charge in [-0.2, -0.15) is 0 Å². The van der Waals surface area contributed by atoms with Gasteiger partial charge < -0.3 is 5.32 Å². The van der Waals surface area contributed by atoms with E-state index in [1.165, 1.54) is 12.8 Å². The van der Waals surface area contributed by atoms with Gasteiger partial charge in [0.05, 0.1) is 4.92 Å². The summed E-state index contributed by atoms with van der Waals surface area (Å²) in [5, 5.41) is 14.8. The van der Waals surface area contributed by atoms with E-state index in [0.29, 0.717) is 23.8 Å². The van der Waals surface area contributed by atoms with E-state index >= 15 is 0 Å². The second kappa shape index (κ2) is 5.27. The molecule has 0 saturated heterocycles. The molecule has 114 valence electrons. The summed E-state index contributed by atoms with van der Waals surface area (Å²) < 4.78 is 0. The maximum absolute atomic E-state index is 11.1. The number of benzene rings is 1. The Morgan fingerprint density at radius 1 is 1.18 bits per heavy atom. The summed E-state index contributed by atoms with van der Waals surface area (Å²) in [4.78, 5) is 10.8. The van der Waals surface area contributed by atoms with Crippen LogP contribution in [0.1, 0.15) is 37.2 Å². The summed E-state index contributed by atoms with van der Waals surface area (Å²) in [7, 11) is 0. The van der Waals surface area contributed by atoms with Gasteiger partial charge in [-0.05, 0) is 49.1 Å². The quantitative estimate of drug-likeness (QED) is 0.500. The van der Waals surface area contributed by atoms with Crippen molar-refractivity contribution >= 4 is 11.4 Å². The second-order valence-electron chi connectivity index (χ2n) is 6.60. The van der Waals surface area contributed by atoms with Crippen molar-refractivity contribution in [3.63, 3.8) is 0 Å². The number of fused-ring (bicyclic) bond motifs is 3. The third-order valence-corrected chi connectivity index (χ3v) is 5.42. The average Bonchev–Trinajstić information content (AvgIpc) is 3.04. The molecule has 0 saturated carbocycles. The maximum Gasteiger partial charge on any atom is 0.269 e. The normalized spacial score (nSPS) is 32.2. The third-order valence-electron chi connectivity index (χ3n) is 5.42. The first-order valence-corrected chi connectivity index (χ1v) is 8.10. The van der Waals surface area contributed by atoms with Gasteiger partial charge in [-0.1, -0.05) is 24.3 Å². The zero-order chi connectivity index (χ0) is 15.1. The van der Waals surface area contributed by atoms with Gasteiger partial charge >= 0.3 is 0 Å². The Morgan fingerprint density at radius 3 is 2.86 bits per heavy atom. The zero-order valence-electron chi connectivity index (χ0n) is 12.4. The van der Waals surface area contributed by atoms with Crippen molar-refractivity contribution in [2.45, 2.75) is 37.6 Å². The van der Waals surface area contributed by atoms with Crippen molar-refractivity contribution in [2.75, 3.05) is 5.32 Å². The number of anilines is 1. The van der Waals surface area contributed by atoms with E-state index in [-0.39, 0.29) is 10.6 Å². The molecule has 22 heavy (non-hydrogen) atoms. The summed E-state index contributed by atoms with van der Waals surface area (Å²) in [5.41, 5.74) is 2.37. The first-order valence-electron chi connectivity index (χ1n) is 8.10. The predicted molar refractivity (Wildman–Crippen MR) is 87.0 cm³/mol. The number of nitrogens with one attached hydrogen (secondary N) is 1. The largest absolute Gasteiger partial charge is 0.381 e. The molecule has 0 spiro atoms. The van der Waals surface area contributed by atoms with Crippen molar-refractivity contribution in [2.24, 2.45) is 11.8 Å².